The van der Waals surface area contributed by atoms with Gasteiger partial charge in [-0.1, -0.05) is 55.5 Å². The van der Waals surface area contributed by atoms with Gasteiger partial charge in [-0.15, -0.1) is 0 Å². The van der Waals surface area contributed by atoms with Gasteiger partial charge < -0.3 is 5.32 Å². The highest BCUT2D eigenvalue weighted by molar-refractivity contribution is 5.83. The standard InChI is InChI=1S/C24H24FN5O2/c1-2-19(17-8-4-3-5-9-17)23(31)26-12-13-30-22-20(14-28-30)24(32)29(16-27-22)15-18-10-6-7-11-21(18)25/h3-11,14,16,19H,2,12-13,15H2,1H3,(H,26,31). The molecule has 0 saturated carbocycles. The van der Waals surface area contributed by atoms with Crippen LogP contribution in [0.15, 0.2) is 71.9 Å². The van der Waals surface area contributed by atoms with E-state index in [9.17, 15) is 14.0 Å². The van der Waals surface area contributed by atoms with Crippen LogP contribution in [0, 0.1) is 5.82 Å². The number of carbonyl (C=O) groups is 1. The van der Waals surface area contributed by atoms with Crippen molar-refractivity contribution in [3.8, 4) is 0 Å². The van der Waals surface area contributed by atoms with Gasteiger partial charge in [-0.25, -0.2) is 14.1 Å². The van der Waals surface area contributed by atoms with E-state index in [4.69, 9.17) is 0 Å². The molecule has 0 aliphatic rings. The Kier molecular flexibility index (Phi) is 6.39. The van der Waals surface area contributed by atoms with Gasteiger partial charge in [0, 0.05) is 12.1 Å². The van der Waals surface area contributed by atoms with Crippen molar-refractivity contribution in [3.05, 3.63) is 94.4 Å². The Morgan fingerprint density at radius 2 is 1.88 bits per heavy atom. The Labute approximate surface area is 184 Å². The minimum atomic E-state index is -0.369. The number of fused-ring (bicyclic) bond motifs is 1. The molecule has 32 heavy (non-hydrogen) atoms. The average molecular weight is 433 g/mol. The first kappa shape index (κ1) is 21.4. The summed E-state index contributed by atoms with van der Waals surface area (Å²) >= 11 is 0. The van der Waals surface area contributed by atoms with E-state index < -0.39 is 0 Å². The number of halogens is 1. The molecule has 1 unspecified atom stereocenters. The van der Waals surface area contributed by atoms with Crippen molar-refractivity contribution in [2.45, 2.75) is 32.4 Å². The molecule has 1 N–H and O–H groups in total. The van der Waals surface area contributed by atoms with E-state index in [1.807, 2.05) is 37.3 Å². The van der Waals surface area contributed by atoms with Crippen LogP contribution in [0.3, 0.4) is 0 Å². The van der Waals surface area contributed by atoms with Crippen molar-refractivity contribution in [2.75, 3.05) is 6.54 Å². The van der Waals surface area contributed by atoms with E-state index in [2.05, 4.69) is 15.4 Å². The van der Waals surface area contributed by atoms with Gasteiger partial charge in [0.2, 0.25) is 5.91 Å². The molecule has 0 fully saturated rings. The molecule has 1 amide bonds. The molecule has 0 spiro atoms. The lowest BCUT2D eigenvalue weighted by Crippen LogP contribution is -2.32. The minimum Gasteiger partial charge on any atom is -0.354 e. The van der Waals surface area contributed by atoms with Gasteiger partial charge in [0.1, 0.15) is 17.5 Å². The zero-order valence-corrected chi connectivity index (χ0v) is 17.7. The number of rotatable bonds is 8. The highest BCUT2D eigenvalue weighted by Gasteiger charge is 2.18. The van der Waals surface area contributed by atoms with Crippen LogP contribution in [0.25, 0.3) is 11.0 Å². The molecule has 0 bridgehead atoms. The maximum Gasteiger partial charge on any atom is 0.264 e. The maximum atomic E-state index is 13.9. The van der Waals surface area contributed by atoms with E-state index in [1.54, 1.807) is 22.9 Å². The second-order valence-electron chi connectivity index (χ2n) is 7.54. The summed E-state index contributed by atoms with van der Waals surface area (Å²) in [6.45, 7) is 2.81. The second kappa shape index (κ2) is 9.55. The number of nitrogens with zero attached hydrogens (tertiary/aromatic N) is 4. The van der Waals surface area contributed by atoms with E-state index in [1.165, 1.54) is 23.2 Å². The predicted molar refractivity (Wildman–Crippen MR) is 120 cm³/mol. The quantitative estimate of drug-likeness (QED) is 0.463. The normalized spacial score (nSPS) is 12.1. The molecular formula is C24H24FN5O2. The molecule has 0 aliphatic heterocycles. The zero-order chi connectivity index (χ0) is 22.5. The fourth-order valence-corrected chi connectivity index (χ4v) is 3.75. The van der Waals surface area contributed by atoms with Crippen LogP contribution in [-0.4, -0.2) is 31.8 Å². The van der Waals surface area contributed by atoms with Crippen molar-refractivity contribution in [3.63, 3.8) is 0 Å². The lowest BCUT2D eigenvalue weighted by atomic mass is 9.96. The fourth-order valence-electron chi connectivity index (χ4n) is 3.75. The molecule has 4 rings (SSSR count). The van der Waals surface area contributed by atoms with Gasteiger partial charge >= 0.3 is 0 Å². The van der Waals surface area contributed by atoms with Gasteiger partial charge in [0.25, 0.3) is 5.56 Å². The summed E-state index contributed by atoms with van der Waals surface area (Å²) in [5.41, 5.74) is 1.54. The molecule has 2 aromatic carbocycles. The smallest absolute Gasteiger partial charge is 0.264 e. The summed E-state index contributed by atoms with van der Waals surface area (Å²) in [4.78, 5) is 29.8. The van der Waals surface area contributed by atoms with Crippen LogP contribution in [0.5, 0.6) is 0 Å². The minimum absolute atomic E-state index is 0.0460. The number of aromatic nitrogens is 4. The molecule has 0 aliphatic carbocycles. The topological polar surface area (TPSA) is 81.8 Å². The third-order valence-electron chi connectivity index (χ3n) is 5.47. The second-order valence-corrected chi connectivity index (χ2v) is 7.54. The molecule has 8 heteroatoms. The van der Waals surface area contributed by atoms with Gasteiger partial charge in [-0.2, -0.15) is 5.10 Å². The number of nitrogens with one attached hydrogen (secondary N) is 1. The molecule has 164 valence electrons. The summed E-state index contributed by atoms with van der Waals surface area (Å²) in [5, 5.41) is 7.56. The molecule has 1 atom stereocenters. The largest absolute Gasteiger partial charge is 0.354 e. The van der Waals surface area contributed by atoms with Gasteiger partial charge in [0.05, 0.1) is 25.2 Å². The summed E-state index contributed by atoms with van der Waals surface area (Å²) in [6, 6.07) is 16.0. The Balaban J connectivity index is 1.44. The van der Waals surface area contributed by atoms with Crippen molar-refractivity contribution in [1.29, 1.82) is 0 Å². The molecule has 4 aromatic rings. The third-order valence-corrected chi connectivity index (χ3v) is 5.47. The van der Waals surface area contributed by atoms with E-state index in [0.717, 1.165) is 5.56 Å². The number of hydrogen-bond acceptors (Lipinski definition) is 4. The lowest BCUT2D eigenvalue weighted by Gasteiger charge is -2.15. The zero-order valence-electron chi connectivity index (χ0n) is 17.7. The highest BCUT2D eigenvalue weighted by atomic mass is 19.1. The van der Waals surface area contributed by atoms with E-state index in [-0.39, 0.29) is 29.7 Å². The number of carbonyl (C=O) groups excluding carboxylic acids is 1. The predicted octanol–water partition coefficient (Wildman–Crippen LogP) is 3.09. The highest BCUT2D eigenvalue weighted by Crippen LogP contribution is 2.19. The fraction of sp³-hybridized carbons (Fsp3) is 0.250. The third kappa shape index (κ3) is 4.44. The van der Waals surface area contributed by atoms with Crippen LogP contribution in [-0.2, 0) is 17.9 Å². The Morgan fingerprint density at radius 1 is 1.12 bits per heavy atom. The van der Waals surface area contributed by atoms with Crippen molar-refractivity contribution >= 4 is 16.9 Å². The van der Waals surface area contributed by atoms with Crippen molar-refractivity contribution < 1.29 is 9.18 Å². The summed E-state index contributed by atoms with van der Waals surface area (Å²) in [6.07, 6.45) is 3.56. The Hall–Kier alpha value is -3.81. The van der Waals surface area contributed by atoms with Gasteiger partial charge in [-0.3, -0.25) is 14.2 Å². The molecule has 7 nitrogen and oxygen atoms in total. The van der Waals surface area contributed by atoms with Gasteiger partial charge in [0.15, 0.2) is 5.65 Å². The molecular weight excluding hydrogens is 409 g/mol. The number of hydrogen-bond donors (Lipinski definition) is 1. The average Bonchev–Trinajstić information content (AvgIpc) is 3.22. The Bertz CT molecular complexity index is 1280. The SMILES string of the molecule is CCC(C(=O)NCCn1ncc2c(=O)n(Cc3ccccc3F)cnc21)c1ccccc1. The van der Waals surface area contributed by atoms with Crippen molar-refractivity contribution in [2.24, 2.45) is 0 Å². The first-order chi connectivity index (χ1) is 15.6. The molecule has 2 aromatic heterocycles. The van der Waals surface area contributed by atoms with E-state index >= 15 is 0 Å². The lowest BCUT2D eigenvalue weighted by molar-refractivity contribution is -0.122. The van der Waals surface area contributed by atoms with Crippen LogP contribution < -0.4 is 10.9 Å². The van der Waals surface area contributed by atoms with Crippen molar-refractivity contribution in [1.82, 2.24) is 24.6 Å². The van der Waals surface area contributed by atoms with Crippen LogP contribution in [0.1, 0.15) is 30.4 Å². The first-order valence-corrected chi connectivity index (χ1v) is 10.6. The van der Waals surface area contributed by atoms with Crippen LogP contribution >= 0.6 is 0 Å². The Morgan fingerprint density at radius 3 is 2.62 bits per heavy atom. The van der Waals surface area contributed by atoms with Crippen LogP contribution in [0.2, 0.25) is 0 Å². The summed E-state index contributed by atoms with van der Waals surface area (Å²) < 4.78 is 16.9. The van der Waals surface area contributed by atoms with E-state index in [0.29, 0.717) is 36.1 Å². The summed E-state index contributed by atoms with van der Waals surface area (Å²) in [7, 11) is 0. The molecule has 0 radical (unpaired) electrons. The first-order valence-electron chi connectivity index (χ1n) is 10.6. The summed E-state index contributed by atoms with van der Waals surface area (Å²) in [5.74, 6) is -0.628. The van der Waals surface area contributed by atoms with Gasteiger partial charge in [-0.05, 0) is 18.1 Å². The maximum absolute atomic E-state index is 13.9. The van der Waals surface area contributed by atoms with Crippen LogP contribution in [0.4, 0.5) is 4.39 Å². The number of amides is 1. The molecule has 2 heterocycles. The number of benzene rings is 2. The molecule has 0 saturated heterocycles. The monoisotopic (exact) mass is 433 g/mol.